The van der Waals surface area contributed by atoms with Crippen molar-refractivity contribution in [3.05, 3.63) is 75.7 Å². The number of hydrogen-bond donors (Lipinski definition) is 1. The third-order valence-corrected chi connectivity index (χ3v) is 5.21. The SMILES string of the molecule is CCc1c(C)[n+](CC(=O)Nc2cccc(C)c2)c2n(c1=O)C1C=CC=CC1=N2. The summed E-state index contributed by atoms with van der Waals surface area (Å²) in [6.45, 7) is 5.92. The average Bonchev–Trinajstić information content (AvgIpc) is 3.05. The molecular formula is C22H23N4O2+. The molecule has 0 saturated heterocycles. The van der Waals surface area contributed by atoms with Crippen LogP contribution in [0.4, 0.5) is 11.6 Å². The number of fused-ring (bicyclic) bond motifs is 3. The van der Waals surface area contributed by atoms with Crippen LogP contribution in [0.25, 0.3) is 0 Å². The number of benzene rings is 1. The minimum atomic E-state index is -0.204. The van der Waals surface area contributed by atoms with Crippen molar-refractivity contribution in [3.8, 4) is 0 Å². The lowest BCUT2D eigenvalue weighted by molar-refractivity contribution is -0.681. The van der Waals surface area contributed by atoms with Gasteiger partial charge in [-0.1, -0.05) is 36.2 Å². The lowest BCUT2D eigenvalue weighted by Crippen LogP contribution is -2.49. The van der Waals surface area contributed by atoms with Crippen molar-refractivity contribution in [3.63, 3.8) is 0 Å². The Morgan fingerprint density at radius 1 is 1.29 bits per heavy atom. The van der Waals surface area contributed by atoms with Gasteiger partial charge in [0.25, 0.3) is 5.91 Å². The first-order valence-corrected chi connectivity index (χ1v) is 9.47. The third-order valence-electron chi connectivity index (χ3n) is 5.21. The van der Waals surface area contributed by atoms with E-state index in [0.29, 0.717) is 17.9 Å². The summed E-state index contributed by atoms with van der Waals surface area (Å²) in [5.41, 5.74) is 4.13. The third kappa shape index (κ3) is 3.01. The zero-order chi connectivity index (χ0) is 19.8. The molecule has 6 heteroatoms. The van der Waals surface area contributed by atoms with Gasteiger partial charge in [0.15, 0.2) is 18.3 Å². The lowest BCUT2D eigenvalue weighted by Gasteiger charge is -2.14. The summed E-state index contributed by atoms with van der Waals surface area (Å²) in [7, 11) is 0. The Morgan fingerprint density at radius 2 is 2.11 bits per heavy atom. The van der Waals surface area contributed by atoms with Gasteiger partial charge in [0, 0.05) is 5.69 Å². The summed E-state index contributed by atoms with van der Waals surface area (Å²) in [5.74, 6) is 0.374. The first-order valence-electron chi connectivity index (χ1n) is 9.47. The van der Waals surface area contributed by atoms with Gasteiger partial charge in [-0.15, -0.1) is 0 Å². The second-order valence-corrected chi connectivity index (χ2v) is 7.12. The van der Waals surface area contributed by atoms with Crippen molar-refractivity contribution in [2.45, 2.75) is 39.8 Å². The van der Waals surface area contributed by atoms with Crippen molar-refractivity contribution in [2.75, 3.05) is 5.32 Å². The standard InChI is InChI=1S/C22H22N4O2/c1-4-17-15(3)25(13-20(27)23-16-9-7-8-14(2)12-16)22-24-18-10-5-6-11-19(18)26(22)21(17)28/h5-12,19H,4,13H2,1-3H3/p+1. The zero-order valence-electron chi connectivity index (χ0n) is 16.3. The highest BCUT2D eigenvalue weighted by Gasteiger charge is 2.38. The fraction of sp³-hybridized carbons (Fsp3) is 0.273. The molecule has 1 aliphatic carbocycles. The van der Waals surface area contributed by atoms with E-state index in [1.165, 1.54) is 0 Å². The molecule has 2 aromatic rings. The first kappa shape index (κ1) is 18.1. The van der Waals surface area contributed by atoms with Crippen LogP contribution in [0.2, 0.25) is 0 Å². The molecule has 1 unspecified atom stereocenters. The van der Waals surface area contributed by atoms with Crippen molar-refractivity contribution < 1.29 is 9.36 Å². The summed E-state index contributed by atoms with van der Waals surface area (Å²) >= 11 is 0. The Labute approximate surface area is 163 Å². The molecule has 1 N–H and O–H groups in total. The van der Waals surface area contributed by atoms with E-state index in [1.807, 2.05) is 73.9 Å². The zero-order valence-corrected chi connectivity index (χ0v) is 16.3. The number of nitrogens with zero attached hydrogens (tertiary/aromatic N) is 3. The number of aliphatic imine (C=N–C) groups is 1. The molecule has 1 amide bonds. The van der Waals surface area contributed by atoms with E-state index < -0.39 is 0 Å². The van der Waals surface area contributed by atoms with Crippen LogP contribution in [0.1, 0.15) is 29.8 Å². The van der Waals surface area contributed by atoms with Gasteiger partial charge < -0.3 is 5.32 Å². The van der Waals surface area contributed by atoms with Gasteiger partial charge in [-0.2, -0.15) is 4.57 Å². The Hall–Kier alpha value is -3.28. The van der Waals surface area contributed by atoms with Gasteiger partial charge in [0.2, 0.25) is 0 Å². The molecule has 4 rings (SSSR count). The Kier molecular flexibility index (Phi) is 4.55. The Morgan fingerprint density at radius 3 is 2.86 bits per heavy atom. The maximum absolute atomic E-state index is 13.1. The van der Waals surface area contributed by atoms with Crippen LogP contribution in [-0.4, -0.2) is 16.2 Å². The highest BCUT2D eigenvalue weighted by molar-refractivity contribution is 6.03. The fourth-order valence-corrected chi connectivity index (χ4v) is 3.82. The van der Waals surface area contributed by atoms with E-state index in [-0.39, 0.29) is 24.1 Å². The van der Waals surface area contributed by atoms with Crippen LogP contribution < -0.4 is 15.4 Å². The number of anilines is 1. The summed E-state index contributed by atoms with van der Waals surface area (Å²) < 4.78 is 3.54. The first-order chi connectivity index (χ1) is 13.5. The van der Waals surface area contributed by atoms with Crippen LogP contribution in [-0.2, 0) is 17.8 Å². The molecule has 0 fully saturated rings. The molecule has 0 spiro atoms. The molecule has 0 radical (unpaired) electrons. The molecule has 0 bridgehead atoms. The molecule has 2 heterocycles. The summed E-state index contributed by atoms with van der Waals surface area (Å²) in [4.78, 5) is 30.5. The van der Waals surface area contributed by atoms with Crippen LogP contribution >= 0.6 is 0 Å². The number of amides is 1. The van der Waals surface area contributed by atoms with Gasteiger partial charge in [-0.25, -0.2) is 4.57 Å². The van der Waals surface area contributed by atoms with Gasteiger partial charge in [-0.05, 0) is 50.1 Å². The van der Waals surface area contributed by atoms with Crippen LogP contribution in [0.15, 0.2) is 58.4 Å². The van der Waals surface area contributed by atoms with Gasteiger partial charge in [-0.3, -0.25) is 9.59 Å². The number of hydrogen-bond acceptors (Lipinski definition) is 3. The Bertz CT molecular complexity index is 1120. The molecule has 142 valence electrons. The van der Waals surface area contributed by atoms with E-state index in [0.717, 1.165) is 22.7 Å². The largest absolute Gasteiger partial charge is 0.403 e. The fourth-order valence-electron chi connectivity index (χ4n) is 3.82. The summed E-state index contributed by atoms with van der Waals surface area (Å²) in [6.07, 6.45) is 8.31. The minimum absolute atomic E-state index is 0.0333. The highest BCUT2D eigenvalue weighted by Crippen LogP contribution is 2.27. The number of carbonyl (C=O) groups excluding carboxylic acids is 1. The van der Waals surface area contributed by atoms with E-state index >= 15 is 0 Å². The number of rotatable bonds is 4. The molecule has 1 aliphatic heterocycles. The molecule has 1 aromatic heterocycles. The van der Waals surface area contributed by atoms with E-state index in [1.54, 1.807) is 4.57 Å². The Balaban J connectivity index is 1.75. The quantitative estimate of drug-likeness (QED) is 0.835. The number of aryl methyl sites for hydroxylation is 1. The van der Waals surface area contributed by atoms with Crippen LogP contribution in [0, 0.1) is 13.8 Å². The van der Waals surface area contributed by atoms with E-state index in [4.69, 9.17) is 0 Å². The molecule has 1 atom stereocenters. The molecule has 0 saturated carbocycles. The van der Waals surface area contributed by atoms with Crippen molar-refractivity contribution in [1.82, 2.24) is 4.57 Å². The van der Waals surface area contributed by atoms with E-state index in [9.17, 15) is 9.59 Å². The maximum atomic E-state index is 13.1. The minimum Gasteiger partial charge on any atom is -0.323 e. The average molecular weight is 375 g/mol. The van der Waals surface area contributed by atoms with Gasteiger partial charge >= 0.3 is 11.5 Å². The number of allylic oxidation sites excluding steroid dienone is 4. The predicted octanol–water partition coefficient (Wildman–Crippen LogP) is 2.71. The molecule has 2 aliphatic rings. The molecule has 1 aromatic carbocycles. The summed E-state index contributed by atoms with van der Waals surface area (Å²) in [5, 5.41) is 2.94. The lowest BCUT2D eigenvalue weighted by atomic mass is 10.1. The van der Waals surface area contributed by atoms with Crippen LogP contribution in [0.5, 0.6) is 0 Å². The second kappa shape index (κ2) is 7.03. The molecule has 28 heavy (non-hydrogen) atoms. The van der Waals surface area contributed by atoms with Gasteiger partial charge in [0.1, 0.15) is 0 Å². The smallest absolute Gasteiger partial charge is 0.323 e. The van der Waals surface area contributed by atoms with Crippen molar-refractivity contribution >= 4 is 23.3 Å². The second-order valence-electron chi connectivity index (χ2n) is 7.12. The van der Waals surface area contributed by atoms with Crippen LogP contribution in [0.3, 0.4) is 0 Å². The normalized spacial score (nSPS) is 16.5. The number of nitrogens with one attached hydrogen (secondary N) is 1. The van der Waals surface area contributed by atoms with Gasteiger partial charge in [0.05, 0.1) is 11.3 Å². The summed E-state index contributed by atoms with van der Waals surface area (Å²) in [6, 6.07) is 7.48. The monoisotopic (exact) mass is 375 g/mol. The van der Waals surface area contributed by atoms with Crippen molar-refractivity contribution in [2.24, 2.45) is 4.99 Å². The number of aromatic nitrogens is 2. The molecule has 6 nitrogen and oxygen atoms in total. The molecular weight excluding hydrogens is 352 g/mol. The number of carbonyl (C=O) groups is 1. The highest BCUT2D eigenvalue weighted by atomic mass is 16.2. The maximum Gasteiger partial charge on any atom is 0.403 e. The topological polar surface area (TPSA) is 67.3 Å². The van der Waals surface area contributed by atoms with Crippen molar-refractivity contribution in [1.29, 1.82) is 0 Å². The predicted molar refractivity (Wildman–Crippen MR) is 109 cm³/mol. The van der Waals surface area contributed by atoms with E-state index in [2.05, 4.69) is 10.3 Å².